The van der Waals surface area contributed by atoms with Gasteiger partial charge in [0, 0.05) is 13.1 Å². The van der Waals surface area contributed by atoms with Crippen molar-refractivity contribution >= 4 is 39.3 Å². The summed E-state index contributed by atoms with van der Waals surface area (Å²) in [6.45, 7) is 0.553. The molecule has 4 rings (SSSR count). The van der Waals surface area contributed by atoms with E-state index in [1.54, 1.807) is 16.3 Å². The van der Waals surface area contributed by atoms with Crippen LogP contribution < -0.4 is 10.5 Å². The molecule has 4 heterocycles. The van der Waals surface area contributed by atoms with E-state index in [1.807, 2.05) is 0 Å². The van der Waals surface area contributed by atoms with Gasteiger partial charge in [-0.25, -0.2) is 4.98 Å². The molecule has 13 heteroatoms. The lowest BCUT2D eigenvalue weighted by Gasteiger charge is -2.28. The number of morpholine rings is 1. The SMILES string of the molecule is O=c1[nH]c(CSc2nnc(N3CCOCC3)n2CC(F)(F)F)nc2ccsc12. The van der Waals surface area contributed by atoms with Crippen molar-refractivity contribution in [2.24, 2.45) is 0 Å². The number of H-pyrrole nitrogens is 1. The molecule has 0 aromatic carbocycles. The lowest BCUT2D eigenvalue weighted by molar-refractivity contribution is -0.141. The maximum absolute atomic E-state index is 13.1. The molecule has 1 N–H and O–H groups in total. The minimum absolute atomic E-state index is 0.117. The van der Waals surface area contributed by atoms with E-state index in [2.05, 4.69) is 20.2 Å². The van der Waals surface area contributed by atoms with Crippen LogP contribution in [-0.4, -0.2) is 57.2 Å². The predicted octanol–water partition coefficient (Wildman–Crippen LogP) is 2.27. The van der Waals surface area contributed by atoms with Crippen molar-refractivity contribution in [3.05, 3.63) is 27.6 Å². The van der Waals surface area contributed by atoms with Crippen molar-refractivity contribution in [3.63, 3.8) is 0 Å². The Morgan fingerprint density at radius 2 is 2.07 bits per heavy atom. The van der Waals surface area contributed by atoms with Crippen LogP contribution in [0.3, 0.4) is 0 Å². The summed E-state index contributed by atoms with van der Waals surface area (Å²) < 4.78 is 46.2. The minimum atomic E-state index is -4.42. The minimum Gasteiger partial charge on any atom is -0.378 e. The van der Waals surface area contributed by atoms with Crippen LogP contribution in [0.2, 0.25) is 0 Å². The highest BCUT2D eigenvalue weighted by atomic mass is 32.2. The number of anilines is 1. The fourth-order valence-corrected chi connectivity index (χ4v) is 4.35. The zero-order valence-electron chi connectivity index (χ0n) is 14.4. The average molecular weight is 432 g/mol. The first-order valence-electron chi connectivity index (χ1n) is 8.32. The van der Waals surface area contributed by atoms with Gasteiger partial charge in [-0.2, -0.15) is 13.2 Å². The van der Waals surface area contributed by atoms with Crippen LogP contribution in [0.5, 0.6) is 0 Å². The topological polar surface area (TPSA) is 88.9 Å². The van der Waals surface area contributed by atoms with Crippen LogP contribution in [0.25, 0.3) is 10.2 Å². The zero-order valence-corrected chi connectivity index (χ0v) is 16.0. The largest absolute Gasteiger partial charge is 0.406 e. The molecule has 0 atom stereocenters. The molecular formula is C15H15F3N6O2S2. The van der Waals surface area contributed by atoms with Crippen LogP contribution >= 0.6 is 23.1 Å². The molecule has 3 aromatic rings. The number of aromatic nitrogens is 5. The smallest absolute Gasteiger partial charge is 0.378 e. The standard InChI is InChI=1S/C15H15F3N6O2S2/c16-15(17,18)8-24-13(23-2-4-26-5-3-23)21-22-14(24)28-7-10-19-9-1-6-27-11(9)12(25)20-10/h1,6H,2-5,7-8H2,(H,19,20,25). The van der Waals surface area contributed by atoms with Gasteiger partial charge >= 0.3 is 6.18 Å². The average Bonchev–Trinajstić information content (AvgIpc) is 3.27. The normalized spacial score (nSPS) is 15.5. The third-order valence-electron chi connectivity index (χ3n) is 4.03. The highest BCUT2D eigenvalue weighted by Crippen LogP contribution is 2.29. The highest BCUT2D eigenvalue weighted by Gasteiger charge is 2.32. The maximum atomic E-state index is 13.1. The Morgan fingerprint density at radius 3 is 2.82 bits per heavy atom. The number of halogens is 3. The molecule has 3 aromatic heterocycles. The molecule has 8 nitrogen and oxygen atoms in total. The van der Waals surface area contributed by atoms with Gasteiger partial charge in [-0.3, -0.25) is 9.36 Å². The Kier molecular flexibility index (Phi) is 5.29. The van der Waals surface area contributed by atoms with E-state index in [0.717, 1.165) is 16.3 Å². The molecule has 1 aliphatic heterocycles. The van der Waals surface area contributed by atoms with E-state index in [9.17, 15) is 18.0 Å². The molecule has 0 aliphatic carbocycles. The molecule has 0 saturated carbocycles. The number of thioether (sulfide) groups is 1. The number of aromatic amines is 1. The molecule has 150 valence electrons. The lowest BCUT2D eigenvalue weighted by atomic mass is 10.4. The number of alkyl halides is 3. The Morgan fingerprint density at radius 1 is 1.29 bits per heavy atom. The molecule has 0 radical (unpaired) electrons. The van der Waals surface area contributed by atoms with E-state index in [-0.39, 0.29) is 22.4 Å². The summed E-state index contributed by atoms with van der Waals surface area (Å²) in [6.07, 6.45) is -4.42. The van der Waals surface area contributed by atoms with Gasteiger partial charge in [0.25, 0.3) is 5.56 Å². The maximum Gasteiger partial charge on any atom is 0.406 e. The quantitative estimate of drug-likeness (QED) is 0.619. The Hall–Kier alpha value is -2.12. The van der Waals surface area contributed by atoms with Crippen molar-refractivity contribution in [3.8, 4) is 0 Å². The fourth-order valence-electron chi connectivity index (χ4n) is 2.83. The first-order chi connectivity index (χ1) is 13.4. The van der Waals surface area contributed by atoms with Crippen LogP contribution in [0.15, 0.2) is 21.4 Å². The van der Waals surface area contributed by atoms with Gasteiger partial charge in [0.1, 0.15) is 17.1 Å². The van der Waals surface area contributed by atoms with Crippen LogP contribution in [0, 0.1) is 0 Å². The Labute approximate surface area is 164 Å². The van der Waals surface area contributed by atoms with Crippen LogP contribution in [0.4, 0.5) is 19.1 Å². The Bertz CT molecular complexity index is 1020. The van der Waals surface area contributed by atoms with Gasteiger partial charge in [-0.15, -0.1) is 21.5 Å². The van der Waals surface area contributed by atoms with Gasteiger partial charge in [-0.1, -0.05) is 11.8 Å². The van der Waals surface area contributed by atoms with E-state index in [0.29, 0.717) is 42.3 Å². The summed E-state index contributed by atoms with van der Waals surface area (Å²) in [4.78, 5) is 20.8. The van der Waals surface area contributed by atoms with E-state index >= 15 is 0 Å². The predicted molar refractivity (Wildman–Crippen MR) is 98.9 cm³/mol. The molecular weight excluding hydrogens is 417 g/mol. The third-order valence-corrected chi connectivity index (χ3v) is 5.91. The third kappa shape index (κ3) is 4.15. The molecule has 0 bridgehead atoms. The number of ether oxygens (including phenoxy) is 1. The second kappa shape index (κ2) is 7.72. The van der Waals surface area contributed by atoms with Crippen LogP contribution in [-0.2, 0) is 17.0 Å². The van der Waals surface area contributed by atoms with Gasteiger partial charge in [-0.05, 0) is 11.4 Å². The molecule has 1 fully saturated rings. The molecule has 0 amide bonds. The summed E-state index contributed by atoms with van der Waals surface area (Å²) in [7, 11) is 0. The zero-order chi connectivity index (χ0) is 19.7. The van der Waals surface area contributed by atoms with Gasteiger partial charge < -0.3 is 14.6 Å². The van der Waals surface area contributed by atoms with E-state index < -0.39 is 12.7 Å². The van der Waals surface area contributed by atoms with Crippen molar-refractivity contribution < 1.29 is 17.9 Å². The van der Waals surface area contributed by atoms with E-state index in [4.69, 9.17) is 4.74 Å². The first-order valence-corrected chi connectivity index (χ1v) is 10.2. The number of hydrogen-bond acceptors (Lipinski definition) is 8. The fraction of sp³-hybridized carbons (Fsp3) is 0.467. The van der Waals surface area contributed by atoms with Gasteiger partial charge in [0.2, 0.25) is 5.95 Å². The molecule has 1 aliphatic rings. The summed E-state index contributed by atoms with van der Waals surface area (Å²) >= 11 is 2.33. The lowest BCUT2D eigenvalue weighted by Crippen LogP contribution is -2.38. The first kappa shape index (κ1) is 19.2. The monoisotopic (exact) mass is 432 g/mol. The number of nitrogens with zero attached hydrogens (tertiary/aromatic N) is 5. The van der Waals surface area contributed by atoms with Crippen molar-refractivity contribution in [1.29, 1.82) is 0 Å². The number of nitrogens with one attached hydrogen (secondary N) is 1. The molecule has 1 saturated heterocycles. The molecule has 28 heavy (non-hydrogen) atoms. The summed E-state index contributed by atoms with van der Waals surface area (Å²) in [5, 5.41) is 9.79. The van der Waals surface area contributed by atoms with Gasteiger partial charge in [0.05, 0.1) is 24.5 Å². The van der Waals surface area contributed by atoms with Crippen molar-refractivity contribution in [1.82, 2.24) is 24.7 Å². The second-order valence-corrected chi connectivity index (χ2v) is 7.88. The number of thiophene rings is 1. The number of rotatable bonds is 5. The summed E-state index contributed by atoms with van der Waals surface area (Å²) in [5.41, 5.74) is 0.302. The van der Waals surface area contributed by atoms with Gasteiger partial charge in [0.15, 0.2) is 5.16 Å². The molecule has 0 spiro atoms. The summed E-state index contributed by atoms with van der Waals surface area (Å²) in [6, 6.07) is 1.73. The Balaban J connectivity index is 1.59. The second-order valence-electron chi connectivity index (χ2n) is 6.02. The van der Waals surface area contributed by atoms with E-state index in [1.165, 1.54) is 11.3 Å². The molecule has 0 unspecified atom stereocenters. The van der Waals surface area contributed by atoms with Crippen molar-refractivity contribution in [2.45, 2.75) is 23.6 Å². The number of hydrogen-bond donors (Lipinski definition) is 1. The summed E-state index contributed by atoms with van der Waals surface area (Å²) in [5.74, 6) is 0.702. The van der Waals surface area contributed by atoms with Crippen molar-refractivity contribution in [2.75, 3.05) is 31.2 Å². The number of fused-ring (bicyclic) bond motifs is 1. The van der Waals surface area contributed by atoms with Crippen LogP contribution in [0.1, 0.15) is 5.82 Å². The highest BCUT2D eigenvalue weighted by molar-refractivity contribution is 7.98.